The Morgan fingerprint density at radius 3 is 2.06 bits per heavy atom. The van der Waals surface area contributed by atoms with Gasteiger partial charge in [0.1, 0.15) is 42.7 Å². The van der Waals surface area contributed by atoms with Crippen LogP contribution >= 0.6 is 0 Å². The van der Waals surface area contributed by atoms with Gasteiger partial charge in [-0.15, -0.1) is 0 Å². The number of fused-ring (bicyclic) bond motifs is 5. The van der Waals surface area contributed by atoms with E-state index in [2.05, 4.69) is 61.5 Å². The zero-order valence-corrected chi connectivity index (χ0v) is 32.6. The normalized spacial score (nSPS) is 50.5. The topological polar surface area (TPSA) is 158 Å². The fourth-order valence-electron chi connectivity index (χ4n) is 13.2. The molecule has 6 rings (SSSR count). The number of allylic oxidation sites excluding steroid dienone is 2. The number of aliphatic hydroxyl groups excluding tert-OH is 6. The Bertz CT molecular complexity index is 1250. The summed E-state index contributed by atoms with van der Waals surface area (Å²) in [6, 6.07) is 0. The van der Waals surface area contributed by atoms with Crippen LogP contribution in [0.5, 0.6) is 0 Å². The second-order valence-corrected chi connectivity index (χ2v) is 19.5. The molecular formula is C41H70O10. The van der Waals surface area contributed by atoms with E-state index >= 15 is 0 Å². The molecule has 0 aromatic rings. The molecule has 0 amide bonds. The molecule has 2 aliphatic heterocycles. The van der Waals surface area contributed by atoms with E-state index in [-0.39, 0.29) is 23.4 Å². The van der Waals surface area contributed by atoms with Crippen LogP contribution in [0.25, 0.3) is 0 Å². The highest BCUT2D eigenvalue weighted by Gasteiger charge is 2.69. The third-order valence-electron chi connectivity index (χ3n) is 16.1. The molecule has 17 atom stereocenters. The summed E-state index contributed by atoms with van der Waals surface area (Å²) in [5.74, 6) is 2.11. The molecule has 2 saturated heterocycles. The summed E-state index contributed by atoms with van der Waals surface area (Å²) in [6.07, 6.45) is 3.00. The molecule has 294 valence electrons. The molecule has 0 aromatic heterocycles. The minimum Gasteiger partial charge on any atom is -0.394 e. The second-order valence-electron chi connectivity index (χ2n) is 19.5. The highest BCUT2D eigenvalue weighted by Crippen LogP contribution is 2.76. The predicted molar refractivity (Wildman–Crippen MR) is 192 cm³/mol. The van der Waals surface area contributed by atoms with Crippen LogP contribution in [0.2, 0.25) is 0 Å². The lowest BCUT2D eigenvalue weighted by Crippen LogP contribution is -2.63. The molecule has 10 nitrogen and oxygen atoms in total. The van der Waals surface area contributed by atoms with Crippen molar-refractivity contribution < 1.29 is 49.6 Å². The Morgan fingerprint density at radius 1 is 0.745 bits per heavy atom. The fourth-order valence-corrected chi connectivity index (χ4v) is 13.2. The first-order valence-electron chi connectivity index (χ1n) is 20.1. The van der Waals surface area contributed by atoms with Crippen LogP contribution < -0.4 is 0 Å². The maximum atomic E-state index is 11.3. The lowest BCUT2D eigenvalue weighted by atomic mass is 9.35. The zero-order valence-electron chi connectivity index (χ0n) is 32.6. The standard InChI is InChI=1S/C41H70O10/c1-23(2)11-9-18-41(8,51-36-34(47)32(45)31(44)27(50-36)22-48-35-33(46)30(43)26(21-42)49-35)25-14-19-39(6)24(25)12-13-29-38(5)17-10-16-37(3,4)28(38)15-20-40(29,39)7/h11,24-36,42-47H,9-10,12-22H2,1-8H3/t24-,25+,26+,27-,28+,29-,30+,31-,32+,33-,34-,35-,36+,38+,39-,40-,41+/m1/s1. The lowest BCUT2D eigenvalue weighted by Gasteiger charge is -2.69. The minimum atomic E-state index is -1.55. The van der Waals surface area contributed by atoms with Gasteiger partial charge in [-0.05, 0) is 130 Å². The minimum absolute atomic E-state index is 0.147. The SMILES string of the molecule is CC(C)=CCC[C@](C)(O[C@@H]1O[C@H](CO[C@@H]2O[C@@H](CO)[C@H](O)[C@H]2O)[C@@H](O)[C@H](O)[C@H]1O)[C@H]1CC[C@]2(C)[C@@H]1CC[C@@H]1[C@@]3(C)CCCC(C)(C)[C@@H]3CC[C@]12C. The van der Waals surface area contributed by atoms with E-state index in [1.54, 1.807) is 0 Å². The molecule has 0 unspecified atom stereocenters. The number of hydrogen-bond donors (Lipinski definition) is 6. The molecular weight excluding hydrogens is 652 g/mol. The molecule has 0 radical (unpaired) electrons. The van der Waals surface area contributed by atoms with Gasteiger partial charge in [-0.3, -0.25) is 0 Å². The van der Waals surface area contributed by atoms with Gasteiger partial charge < -0.3 is 49.6 Å². The quantitative estimate of drug-likeness (QED) is 0.172. The molecule has 6 N–H and O–H groups in total. The smallest absolute Gasteiger partial charge is 0.187 e. The zero-order chi connectivity index (χ0) is 37.3. The van der Waals surface area contributed by atoms with Gasteiger partial charge in [0.2, 0.25) is 0 Å². The van der Waals surface area contributed by atoms with Crippen molar-refractivity contribution >= 4 is 0 Å². The van der Waals surface area contributed by atoms with Crippen molar-refractivity contribution in [1.29, 1.82) is 0 Å². The summed E-state index contributed by atoms with van der Waals surface area (Å²) in [5.41, 5.74) is 1.66. The van der Waals surface area contributed by atoms with Gasteiger partial charge >= 0.3 is 0 Å². The molecule has 6 fully saturated rings. The molecule has 0 spiro atoms. The summed E-state index contributed by atoms with van der Waals surface area (Å²) >= 11 is 0. The maximum Gasteiger partial charge on any atom is 0.187 e. The monoisotopic (exact) mass is 722 g/mol. The van der Waals surface area contributed by atoms with E-state index in [0.29, 0.717) is 22.7 Å². The Balaban J connectivity index is 1.23. The van der Waals surface area contributed by atoms with Gasteiger partial charge in [0.15, 0.2) is 12.6 Å². The molecule has 6 aliphatic rings. The van der Waals surface area contributed by atoms with Crippen molar-refractivity contribution in [2.24, 2.45) is 45.3 Å². The van der Waals surface area contributed by atoms with Gasteiger partial charge in [0.05, 0.1) is 18.8 Å². The van der Waals surface area contributed by atoms with Crippen LogP contribution in [0.3, 0.4) is 0 Å². The first-order valence-corrected chi connectivity index (χ1v) is 20.1. The summed E-state index contributed by atoms with van der Waals surface area (Å²) in [6.45, 7) is 18.4. The summed E-state index contributed by atoms with van der Waals surface area (Å²) < 4.78 is 24.3. The van der Waals surface area contributed by atoms with Crippen molar-refractivity contribution in [3.05, 3.63) is 11.6 Å². The number of rotatable bonds is 10. The van der Waals surface area contributed by atoms with Gasteiger partial charge in [-0.25, -0.2) is 0 Å². The molecule has 0 bridgehead atoms. The van der Waals surface area contributed by atoms with Crippen molar-refractivity contribution in [2.45, 2.75) is 187 Å². The van der Waals surface area contributed by atoms with Gasteiger partial charge in [-0.1, -0.05) is 52.7 Å². The first kappa shape index (κ1) is 40.0. The molecule has 2 heterocycles. The maximum absolute atomic E-state index is 11.3. The Kier molecular flexibility index (Phi) is 11.3. The highest BCUT2D eigenvalue weighted by molar-refractivity contribution is 5.18. The van der Waals surface area contributed by atoms with E-state index in [0.717, 1.165) is 38.0 Å². The van der Waals surface area contributed by atoms with Crippen molar-refractivity contribution in [3.8, 4) is 0 Å². The van der Waals surface area contributed by atoms with Crippen molar-refractivity contribution in [3.63, 3.8) is 0 Å². The third-order valence-corrected chi connectivity index (χ3v) is 16.1. The van der Waals surface area contributed by atoms with E-state index < -0.39 is 67.5 Å². The van der Waals surface area contributed by atoms with E-state index in [1.165, 1.54) is 44.1 Å². The third kappa shape index (κ3) is 6.71. The van der Waals surface area contributed by atoms with Crippen LogP contribution in [0, 0.1) is 45.3 Å². The first-order chi connectivity index (χ1) is 23.8. The lowest BCUT2D eigenvalue weighted by molar-refractivity contribution is -0.339. The number of hydrogen-bond acceptors (Lipinski definition) is 10. The summed E-state index contributed by atoms with van der Waals surface area (Å²) in [4.78, 5) is 0. The summed E-state index contributed by atoms with van der Waals surface area (Å²) in [5, 5.41) is 63.2. The average Bonchev–Trinajstić information content (AvgIpc) is 3.56. The van der Waals surface area contributed by atoms with Gasteiger partial charge in [-0.2, -0.15) is 0 Å². The average molecular weight is 723 g/mol. The number of aliphatic hydroxyl groups is 6. The van der Waals surface area contributed by atoms with Gasteiger partial charge in [0.25, 0.3) is 0 Å². The largest absolute Gasteiger partial charge is 0.394 e. The van der Waals surface area contributed by atoms with Gasteiger partial charge in [0, 0.05) is 0 Å². The molecule has 51 heavy (non-hydrogen) atoms. The number of ether oxygens (including phenoxy) is 4. The van der Waals surface area contributed by atoms with E-state index in [9.17, 15) is 30.6 Å². The van der Waals surface area contributed by atoms with Crippen LogP contribution in [-0.4, -0.2) is 105 Å². The summed E-state index contributed by atoms with van der Waals surface area (Å²) in [7, 11) is 0. The fraction of sp³-hybridized carbons (Fsp3) is 0.951. The molecule has 4 saturated carbocycles. The molecule has 4 aliphatic carbocycles. The predicted octanol–water partition coefficient (Wildman–Crippen LogP) is 4.85. The Morgan fingerprint density at radius 2 is 1.39 bits per heavy atom. The van der Waals surface area contributed by atoms with Crippen LogP contribution in [0.1, 0.15) is 126 Å². The van der Waals surface area contributed by atoms with Crippen LogP contribution in [0.4, 0.5) is 0 Å². The van der Waals surface area contributed by atoms with Crippen LogP contribution in [0.15, 0.2) is 11.6 Å². The van der Waals surface area contributed by atoms with Crippen molar-refractivity contribution in [1.82, 2.24) is 0 Å². The van der Waals surface area contributed by atoms with Crippen molar-refractivity contribution in [2.75, 3.05) is 13.2 Å². The van der Waals surface area contributed by atoms with E-state index in [1.807, 2.05) is 0 Å². The Labute approximate surface area is 306 Å². The molecule has 0 aromatic carbocycles. The Hall–Kier alpha value is -0.660. The highest BCUT2D eigenvalue weighted by atomic mass is 16.7. The molecule has 10 heteroatoms. The van der Waals surface area contributed by atoms with Crippen LogP contribution in [-0.2, 0) is 18.9 Å². The van der Waals surface area contributed by atoms with E-state index in [4.69, 9.17) is 18.9 Å². The second kappa shape index (κ2) is 14.4.